The standard InChI is InChI=1S/C16H18BrClN2S/c1-11(2)9-19-10-12-5-6-13(17)8-15(12)21-16-14(18)4-3-7-20-16/h3-8,11,19H,9-10H2,1-2H3. The van der Waals surface area contributed by atoms with E-state index >= 15 is 0 Å². The molecule has 1 aromatic heterocycles. The summed E-state index contributed by atoms with van der Waals surface area (Å²) in [7, 11) is 0. The van der Waals surface area contributed by atoms with Gasteiger partial charge >= 0.3 is 0 Å². The molecule has 1 N–H and O–H groups in total. The van der Waals surface area contributed by atoms with Crippen LogP contribution in [0.15, 0.2) is 50.9 Å². The molecule has 2 aromatic rings. The number of halogens is 2. The largest absolute Gasteiger partial charge is 0.312 e. The summed E-state index contributed by atoms with van der Waals surface area (Å²) in [5, 5.41) is 5.00. The van der Waals surface area contributed by atoms with E-state index < -0.39 is 0 Å². The Kier molecular flexibility index (Phi) is 6.55. The summed E-state index contributed by atoms with van der Waals surface area (Å²) in [4.78, 5) is 5.52. The molecule has 0 atom stereocenters. The normalized spacial score (nSPS) is 11.1. The summed E-state index contributed by atoms with van der Waals surface area (Å²) in [5.74, 6) is 0.641. The first-order valence-electron chi connectivity index (χ1n) is 6.84. The van der Waals surface area contributed by atoms with Crippen molar-refractivity contribution in [3.8, 4) is 0 Å². The monoisotopic (exact) mass is 384 g/mol. The molecule has 0 saturated carbocycles. The number of pyridine rings is 1. The molecule has 0 aliphatic rings. The fraction of sp³-hybridized carbons (Fsp3) is 0.312. The molecule has 0 amide bonds. The van der Waals surface area contributed by atoms with Crippen molar-refractivity contribution in [3.63, 3.8) is 0 Å². The van der Waals surface area contributed by atoms with Crippen molar-refractivity contribution >= 4 is 39.3 Å². The number of nitrogens with zero attached hydrogens (tertiary/aromatic N) is 1. The molecular weight excluding hydrogens is 368 g/mol. The van der Waals surface area contributed by atoms with Crippen LogP contribution in [0.5, 0.6) is 0 Å². The van der Waals surface area contributed by atoms with Crippen molar-refractivity contribution in [2.45, 2.75) is 30.3 Å². The lowest BCUT2D eigenvalue weighted by Crippen LogP contribution is -2.19. The second-order valence-corrected chi connectivity index (χ2v) is 7.52. The Morgan fingerprint density at radius 3 is 2.86 bits per heavy atom. The lowest BCUT2D eigenvalue weighted by atomic mass is 10.2. The van der Waals surface area contributed by atoms with Gasteiger partial charge in [0.2, 0.25) is 0 Å². The molecule has 21 heavy (non-hydrogen) atoms. The van der Waals surface area contributed by atoms with Crippen LogP contribution in [-0.2, 0) is 6.54 Å². The summed E-state index contributed by atoms with van der Waals surface area (Å²) in [6.45, 7) is 6.26. The van der Waals surface area contributed by atoms with Gasteiger partial charge in [-0.15, -0.1) is 0 Å². The van der Waals surface area contributed by atoms with Crippen molar-refractivity contribution in [3.05, 3.63) is 51.6 Å². The van der Waals surface area contributed by atoms with E-state index in [0.717, 1.165) is 22.6 Å². The molecule has 0 unspecified atom stereocenters. The van der Waals surface area contributed by atoms with Gasteiger partial charge in [-0.2, -0.15) is 0 Å². The molecule has 0 spiro atoms. The van der Waals surface area contributed by atoms with E-state index in [1.807, 2.05) is 12.1 Å². The molecule has 0 aliphatic heterocycles. The third-order valence-electron chi connectivity index (χ3n) is 2.83. The molecule has 0 aliphatic carbocycles. The summed E-state index contributed by atoms with van der Waals surface area (Å²) < 4.78 is 1.06. The number of rotatable bonds is 6. The van der Waals surface area contributed by atoms with Crippen LogP contribution in [-0.4, -0.2) is 11.5 Å². The van der Waals surface area contributed by atoms with E-state index in [4.69, 9.17) is 11.6 Å². The topological polar surface area (TPSA) is 24.9 Å². The van der Waals surface area contributed by atoms with E-state index in [-0.39, 0.29) is 0 Å². The lowest BCUT2D eigenvalue weighted by Gasteiger charge is -2.12. The highest BCUT2D eigenvalue weighted by molar-refractivity contribution is 9.10. The van der Waals surface area contributed by atoms with Crippen LogP contribution in [0.4, 0.5) is 0 Å². The van der Waals surface area contributed by atoms with Gasteiger partial charge in [-0.3, -0.25) is 0 Å². The molecule has 1 heterocycles. The summed E-state index contributed by atoms with van der Waals surface area (Å²) in [5.41, 5.74) is 1.26. The maximum Gasteiger partial charge on any atom is 0.119 e. The molecule has 2 nitrogen and oxygen atoms in total. The first-order chi connectivity index (χ1) is 10.1. The van der Waals surface area contributed by atoms with Crippen LogP contribution in [0.1, 0.15) is 19.4 Å². The fourth-order valence-electron chi connectivity index (χ4n) is 1.82. The Labute approximate surface area is 143 Å². The van der Waals surface area contributed by atoms with Crippen molar-refractivity contribution < 1.29 is 0 Å². The Morgan fingerprint density at radius 1 is 1.33 bits per heavy atom. The SMILES string of the molecule is CC(C)CNCc1ccc(Br)cc1Sc1ncccc1Cl. The third-order valence-corrected chi connectivity index (χ3v) is 4.86. The Morgan fingerprint density at radius 2 is 2.14 bits per heavy atom. The third kappa shape index (κ3) is 5.29. The second-order valence-electron chi connectivity index (χ2n) is 5.17. The van der Waals surface area contributed by atoms with Gasteiger partial charge in [-0.05, 0) is 42.3 Å². The van der Waals surface area contributed by atoms with Gasteiger partial charge in [0.1, 0.15) is 5.03 Å². The average molecular weight is 386 g/mol. The van der Waals surface area contributed by atoms with Gasteiger partial charge in [0.25, 0.3) is 0 Å². The molecule has 0 fully saturated rings. The van der Waals surface area contributed by atoms with Crippen LogP contribution < -0.4 is 5.32 Å². The van der Waals surface area contributed by atoms with Crippen LogP contribution in [0.3, 0.4) is 0 Å². The average Bonchev–Trinajstić information content (AvgIpc) is 2.43. The van der Waals surface area contributed by atoms with Crippen molar-refractivity contribution in [2.24, 2.45) is 5.92 Å². The van der Waals surface area contributed by atoms with E-state index in [1.54, 1.807) is 18.0 Å². The molecule has 2 rings (SSSR count). The highest BCUT2D eigenvalue weighted by Gasteiger charge is 2.09. The van der Waals surface area contributed by atoms with Gasteiger partial charge in [0.15, 0.2) is 0 Å². The first-order valence-corrected chi connectivity index (χ1v) is 8.82. The van der Waals surface area contributed by atoms with Crippen LogP contribution in [0.2, 0.25) is 5.02 Å². The molecule has 1 aromatic carbocycles. The molecule has 5 heteroatoms. The number of hydrogen-bond acceptors (Lipinski definition) is 3. The quantitative estimate of drug-likeness (QED) is 0.721. The predicted molar refractivity (Wildman–Crippen MR) is 94.1 cm³/mol. The van der Waals surface area contributed by atoms with E-state index in [1.165, 1.54) is 10.5 Å². The summed E-state index contributed by atoms with van der Waals surface area (Å²) in [6, 6.07) is 10.0. The minimum Gasteiger partial charge on any atom is -0.312 e. The zero-order valence-electron chi connectivity index (χ0n) is 12.1. The number of benzene rings is 1. The van der Waals surface area contributed by atoms with Crippen molar-refractivity contribution in [2.75, 3.05) is 6.54 Å². The first kappa shape index (κ1) is 16.8. The number of aromatic nitrogens is 1. The molecule has 112 valence electrons. The predicted octanol–water partition coefficient (Wildman–Crippen LogP) is 5.39. The van der Waals surface area contributed by atoms with Crippen LogP contribution >= 0.6 is 39.3 Å². The molecule has 0 radical (unpaired) electrons. The zero-order valence-corrected chi connectivity index (χ0v) is 15.2. The van der Waals surface area contributed by atoms with Crippen molar-refractivity contribution in [1.82, 2.24) is 10.3 Å². The van der Waals surface area contributed by atoms with Gasteiger partial charge < -0.3 is 5.32 Å². The van der Waals surface area contributed by atoms with Gasteiger partial charge in [0.05, 0.1) is 5.02 Å². The Balaban J connectivity index is 2.17. The minimum absolute atomic E-state index is 0.641. The zero-order chi connectivity index (χ0) is 15.2. The van der Waals surface area contributed by atoms with E-state index in [0.29, 0.717) is 10.9 Å². The van der Waals surface area contributed by atoms with Crippen LogP contribution in [0, 0.1) is 5.92 Å². The summed E-state index contributed by atoms with van der Waals surface area (Å²) >= 11 is 11.3. The fourth-order valence-corrected chi connectivity index (χ4v) is 3.51. The number of nitrogens with one attached hydrogen (secondary N) is 1. The van der Waals surface area contributed by atoms with Crippen molar-refractivity contribution in [1.29, 1.82) is 0 Å². The van der Waals surface area contributed by atoms with Gasteiger partial charge in [0, 0.05) is 22.1 Å². The van der Waals surface area contributed by atoms with E-state index in [2.05, 4.69) is 58.3 Å². The highest BCUT2D eigenvalue weighted by atomic mass is 79.9. The molecule has 0 bridgehead atoms. The number of hydrogen-bond donors (Lipinski definition) is 1. The maximum atomic E-state index is 6.20. The smallest absolute Gasteiger partial charge is 0.119 e. The van der Waals surface area contributed by atoms with Crippen LogP contribution in [0.25, 0.3) is 0 Å². The Bertz CT molecular complexity index is 605. The molecule has 0 saturated heterocycles. The van der Waals surface area contributed by atoms with Gasteiger partial charge in [-0.25, -0.2) is 4.98 Å². The lowest BCUT2D eigenvalue weighted by molar-refractivity contribution is 0.550. The Hall–Kier alpha value is -0.550. The summed E-state index contributed by atoms with van der Waals surface area (Å²) in [6.07, 6.45) is 1.77. The second kappa shape index (κ2) is 8.18. The maximum absolute atomic E-state index is 6.20. The van der Waals surface area contributed by atoms with Gasteiger partial charge in [-0.1, -0.05) is 59.2 Å². The van der Waals surface area contributed by atoms with E-state index in [9.17, 15) is 0 Å². The highest BCUT2D eigenvalue weighted by Crippen LogP contribution is 2.34. The molecular formula is C16H18BrClN2S. The minimum atomic E-state index is 0.641.